The maximum atomic E-state index is 14.3. The number of carbonyl (C=O) groups excluding carboxylic acids is 5. The molecule has 0 bridgehead atoms. The number of nitrogens with zero attached hydrogens (tertiary/aromatic N) is 2. The molecule has 16 heteroatoms. The van der Waals surface area contributed by atoms with Crippen LogP contribution in [0.5, 0.6) is 0 Å². The number of hydrogen-bond donors (Lipinski definition) is 2. The highest BCUT2D eigenvalue weighted by Crippen LogP contribution is 2.47. The quantitative estimate of drug-likeness (QED) is 0.384. The predicted molar refractivity (Wildman–Crippen MR) is 192 cm³/mol. The number of allylic oxidation sites excluding steroid dienone is 1. The van der Waals surface area contributed by atoms with Crippen molar-refractivity contribution in [3.8, 4) is 0 Å². The van der Waals surface area contributed by atoms with Gasteiger partial charge in [-0.25, -0.2) is 18.0 Å². The number of sulfone groups is 1. The first-order chi connectivity index (χ1) is 24.5. The second-order valence-electron chi connectivity index (χ2n) is 15.6. The Morgan fingerprint density at radius 3 is 2.33 bits per heavy atom. The molecule has 1 saturated heterocycles. The maximum absolute atomic E-state index is 14.3. The van der Waals surface area contributed by atoms with E-state index < -0.39 is 85.9 Å². The van der Waals surface area contributed by atoms with Gasteiger partial charge in [0.25, 0.3) is 0 Å². The highest BCUT2D eigenvalue weighted by Gasteiger charge is 2.61. The van der Waals surface area contributed by atoms with E-state index in [1.54, 1.807) is 32.9 Å². The molecule has 3 heterocycles. The van der Waals surface area contributed by atoms with Crippen LogP contribution < -0.4 is 10.6 Å². The molecule has 0 spiro atoms. The van der Waals surface area contributed by atoms with E-state index in [1.165, 1.54) is 9.80 Å². The van der Waals surface area contributed by atoms with Gasteiger partial charge in [-0.1, -0.05) is 48.2 Å². The summed E-state index contributed by atoms with van der Waals surface area (Å²) < 4.78 is 37.1. The minimum Gasteiger partial charge on any atom is -0.444 e. The standard InChI is InChI=1S/C36H46Cl2N4O9S/c1-35(2,3)51-33(46)39-28-10-8-6-4-5-7-9-21-16-36(21,30(43)20-52(48,49)23-11-12-23)40-31(44)29-15-22(17-42(29)32(28)45)50-34(47)41-18-24-25(19-41)27(38)14-13-26(24)37/h7,9,13-14,21-23,28-29H,4-6,8,10-12,15-20H2,1-3H3,(H,39,46)(H,40,44)/b9-7-/t21-,22-,28+,29?,36-/m1/s1. The zero-order chi connectivity index (χ0) is 37.6. The first-order valence-corrected chi connectivity index (χ1v) is 20.4. The van der Waals surface area contributed by atoms with Crippen LogP contribution in [0.4, 0.5) is 9.59 Å². The number of ether oxygens (including phenoxy) is 2. The molecule has 13 nitrogen and oxygen atoms in total. The zero-order valence-corrected chi connectivity index (χ0v) is 31.9. The van der Waals surface area contributed by atoms with Crippen molar-refractivity contribution in [2.45, 2.75) is 126 Å². The molecule has 5 aliphatic rings. The Balaban J connectivity index is 1.25. The average molecular weight is 782 g/mol. The number of alkyl carbamates (subject to hydrolysis) is 1. The SMILES string of the molecule is CC(C)(C)OC(=O)N[C@H]1CCCCC/C=C\[C@@H]2C[C@@]2(C(=O)CS(=O)(=O)C2CC2)NC(=O)C2C[C@@H](OC(=O)N3Cc4c(Cl)ccc(Cl)c4C3)CN2C1=O. The van der Waals surface area contributed by atoms with E-state index >= 15 is 0 Å². The minimum absolute atomic E-state index is 0.0874. The second kappa shape index (κ2) is 14.8. The van der Waals surface area contributed by atoms with Gasteiger partial charge in [-0.05, 0) is 82.6 Å². The van der Waals surface area contributed by atoms with Crippen molar-refractivity contribution in [1.29, 1.82) is 0 Å². The molecule has 5 atom stereocenters. The summed E-state index contributed by atoms with van der Waals surface area (Å²) in [7, 11) is -3.66. The van der Waals surface area contributed by atoms with Crippen molar-refractivity contribution in [1.82, 2.24) is 20.4 Å². The molecule has 1 aromatic carbocycles. The lowest BCUT2D eigenvalue weighted by Gasteiger charge is -2.30. The lowest BCUT2D eigenvalue weighted by molar-refractivity contribution is -0.141. The molecule has 3 fully saturated rings. The fraction of sp³-hybridized carbons (Fsp3) is 0.639. The molecule has 2 N–H and O–H groups in total. The third kappa shape index (κ3) is 8.54. The minimum atomic E-state index is -3.66. The third-order valence-corrected chi connectivity index (χ3v) is 13.2. The van der Waals surface area contributed by atoms with Crippen LogP contribution in [-0.2, 0) is 46.8 Å². The topological polar surface area (TPSA) is 168 Å². The molecule has 284 valence electrons. The summed E-state index contributed by atoms with van der Waals surface area (Å²) in [6, 6.07) is 1.08. The number of rotatable bonds is 6. The number of Topliss-reactive ketones (excluding diaryl/α,β-unsaturated/α-hetero) is 1. The summed E-state index contributed by atoms with van der Waals surface area (Å²) in [5.74, 6) is -2.89. The summed E-state index contributed by atoms with van der Waals surface area (Å²) in [4.78, 5) is 71.4. The van der Waals surface area contributed by atoms with Crippen molar-refractivity contribution >= 4 is 62.8 Å². The van der Waals surface area contributed by atoms with Crippen molar-refractivity contribution in [3.05, 3.63) is 45.5 Å². The molecule has 0 radical (unpaired) electrons. The van der Waals surface area contributed by atoms with Crippen LogP contribution in [0.1, 0.15) is 89.7 Å². The Labute approximate surface area is 314 Å². The van der Waals surface area contributed by atoms with Gasteiger partial charge in [0.1, 0.15) is 35.1 Å². The molecule has 1 unspecified atom stereocenters. The summed E-state index contributed by atoms with van der Waals surface area (Å²) in [6.07, 6.45) is 5.66. The molecular formula is C36H46Cl2N4O9S. The molecule has 6 rings (SSSR count). The van der Waals surface area contributed by atoms with Crippen molar-refractivity contribution < 1.29 is 41.9 Å². The smallest absolute Gasteiger partial charge is 0.410 e. The Morgan fingerprint density at radius 1 is 1.02 bits per heavy atom. The van der Waals surface area contributed by atoms with E-state index in [0.717, 1.165) is 12.8 Å². The fourth-order valence-corrected chi connectivity index (χ4v) is 9.49. The van der Waals surface area contributed by atoms with Crippen LogP contribution in [0, 0.1) is 5.92 Å². The highest BCUT2D eigenvalue weighted by molar-refractivity contribution is 7.93. The zero-order valence-electron chi connectivity index (χ0n) is 29.6. The van der Waals surface area contributed by atoms with E-state index in [0.29, 0.717) is 46.9 Å². The third-order valence-electron chi connectivity index (χ3n) is 10.3. The largest absolute Gasteiger partial charge is 0.444 e. The number of amides is 4. The van der Waals surface area contributed by atoms with Gasteiger partial charge in [0.2, 0.25) is 11.8 Å². The van der Waals surface area contributed by atoms with E-state index in [1.807, 2.05) is 12.2 Å². The van der Waals surface area contributed by atoms with Crippen LogP contribution in [-0.4, -0.2) is 94.9 Å². The number of nitrogens with one attached hydrogen (secondary N) is 2. The van der Waals surface area contributed by atoms with Gasteiger partial charge in [0, 0.05) is 22.4 Å². The van der Waals surface area contributed by atoms with Crippen molar-refractivity contribution in [2.75, 3.05) is 12.3 Å². The molecule has 52 heavy (non-hydrogen) atoms. The first kappa shape index (κ1) is 38.4. The van der Waals surface area contributed by atoms with Gasteiger partial charge in [-0.3, -0.25) is 19.3 Å². The van der Waals surface area contributed by atoms with Gasteiger partial charge in [0.05, 0.1) is 24.9 Å². The number of benzene rings is 1. The molecule has 1 aromatic rings. The number of fused-ring (bicyclic) bond motifs is 3. The van der Waals surface area contributed by atoms with Gasteiger partial charge in [-0.15, -0.1) is 0 Å². The summed E-state index contributed by atoms with van der Waals surface area (Å²) in [5, 5.41) is 5.94. The normalized spacial score (nSPS) is 28.7. The van der Waals surface area contributed by atoms with Crippen molar-refractivity contribution in [2.24, 2.45) is 5.92 Å². The summed E-state index contributed by atoms with van der Waals surface area (Å²) in [5.41, 5.74) is -0.842. The number of hydrogen-bond acceptors (Lipinski definition) is 9. The van der Waals surface area contributed by atoms with Crippen molar-refractivity contribution in [3.63, 3.8) is 0 Å². The Hall–Kier alpha value is -3.36. The van der Waals surface area contributed by atoms with E-state index in [-0.39, 0.29) is 38.9 Å². The Kier molecular flexibility index (Phi) is 10.9. The van der Waals surface area contributed by atoms with Gasteiger partial charge in [0.15, 0.2) is 15.6 Å². The summed E-state index contributed by atoms with van der Waals surface area (Å²) >= 11 is 12.7. The molecule has 0 aromatic heterocycles. The van der Waals surface area contributed by atoms with E-state index in [2.05, 4.69) is 10.6 Å². The molecule has 4 amide bonds. The van der Waals surface area contributed by atoms with Crippen LogP contribution in [0.3, 0.4) is 0 Å². The number of ketones is 1. The molecular weight excluding hydrogens is 735 g/mol. The van der Waals surface area contributed by atoms with E-state index in [9.17, 15) is 32.4 Å². The predicted octanol–water partition coefficient (Wildman–Crippen LogP) is 4.85. The van der Waals surface area contributed by atoms with Crippen LogP contribution >= 0.6 is 23.2 Å². The van der Waals surface area contributed by atoms with Crippen LogP contribution in [0.2, 0.25) is 10.0 Å². The average Bonchev–Trinajstić information content (AvgIpc) is 3.94. The lowest BCUT2D eigenvalue weighted by atomic mass is 10.0. The van der Waals surface area contributed by atoms with Gasteiger partial charge < -0.3 is 25.0 Å². The molecule has 3 aliphatic heterocycles. The van der Waals surface area contributed by atoms with E-state index in [4.69, 9.17) is 32.7 Å². The molecule has 2 saturated carbocycles. The first-order valence-electron chi connectivity index (χ1n) is 17.9. The maximum Gasteiger partial charge on any atom is 0.410 e. The van der Waals surface area contributed by atoms with Gasteiger partial charge in [-0.2, -0.15) is 0 Å². The second-order valence-corrected chi connectivity index (χ2v) is 18.7. The highest BCUT2D eigenvalue weighted by atomic mass is 35.5. The lowest BCUT2D eigenvalue weighted by Crippen LogP contribution is -2.57. The Bertz CT molecular complexity index is 1750. The number of halogens is 2. The fourth-order valence-electron chi connectivity index (χ4n) is 7.31. The summed E-state index contributed by atoms with van der Waals surface area (Å²) in [6.45, 7) is 5.29. The number of carbonyl (C=O) groups is 5. The van der Waals surface area contributed by atoms with Crippen LogP contribution in [0.15, 0.2) is 24.3 Å². The van der Waals surface area contributed by atoms with Gasteiger partial charge >= 0.3 is 12.2 Å². The molecule has 2 aliphatic carbocycles. The monoisotopic (exact) mass is 780 g/mol. The Morgan fingerprint density at radius 2 is 1.69 bits per heavy atom. The van der Waals surface area contributed by atoms with Crippen LogP contribution in [0.25, 0.3) is 0 Å².